The van der Waals surface area contributed by atoms with Crippen molar-refractivity contribution in [2.75, 3.05) is 20.6 Å². The van der Waals surface area contributed by atoms with E-state index in [0.717, 1.165) is 12.3 Å². The Balaban J connectivity index is 1.75. The molecule has 27 heavy (non-hydrogen) atoms. The predicted octanol–water partition coefficient (Wildman–Crippen LogP) is 6.21. The number of hydrogen-bond acceptors (Lipinski definition) is 2. The lowest BCUT2D eigenvalue weighted by Gasteiger charge is -2.19. The van der Waals surface area contributed by atoms with Gasteiger partial charge < -0.3 is 10.0 Å². The first-order valence-corrected chi connectivity index (χ1v) is 11.7. The molecule has 5 atom stereocenters. The predicted molar refractivity (Wildman–Crippen MR) is 118 cm³/mol. The maximum absolute atomic E-state index is 10.6. The second-order valence-corrected chi connectivity index (χ2v) is 9.43. The molecule has 2 heteroatoms. The molecule has 0 amide bonds. The van der Waals surface area contributed by atoms with Crippen molar-refractivity contribution in [3.05, 3.63) is 23.8 Å². The third kappa shape index (κ3) is 7.38. The number of unbranched alkanes of at least 4 members (excludes halogenated alkanes) is 3. The summed E-state index contributed by atoms with van der Waals surface area (Å²) in [5.41, 5.74) is 1.68. The van der Waals surface area contributed by atoms with Crippen LogP contribution >= 0.6 is 0 Å². The van der Waals surface area contributed by atoms with Gasteiger partial charge in [0.25, 0.3) is 0 Å². The molecule has 2 aliphatic carbocycles. The smallest absolute Gasteiger partial charge is 0.0611 e. The molecule has 0 aromatic rings. The molecule has 1 N–H and O–H groups in total. The fraction of sp³-hybridized carbons (Fsp3) is 0.840. The molecule has 0 saturated heterocycles. The monoisotopic (exact) mass is 375 g/mol. The van der Waals surface area contributed by atoms with Gasteiger partial charge in [-0.15, -0.1) is 0 Å². The van der Waals surface area contributed by atoms with E-state index in [9.17, 15) is 5.11 Å². The van der Waals surface area contributed by atoms with Gasteiger partial charge in [-0.05, 0) is 76.9 Å². The first kappa shape index (κ1) is 22.7. The number of aliphatic hydroxyl groups is 1. The van der Waals surface area contributed by atoms with E-state index in [-0.39, 0.29) is 6.10 Å². The lowest BCUT2D eigenvalue weighted by molar-refractivity contribution is 0.141. The van der Waals surface area contributed by atoms with Gasteiger partial charge in [0.1, 0.15) is 0 Å². The fourth-order valence-corrected chi connectivity index (χ4v) is 5.16. The van der Waals surface area contributed by atoms with Crippen molar-refractivity contribution in [3.8, 4) is 0 Å². The van der Waals surface area contributed by atoms with Crippen molar-refractivity contribution in [2.24, 2.45) is 23.7 Å². The minimum absolute atomic E-state index is 0.121. The second-order valence-electron chi connectivity index (χ2n) is 9.43. The van der Waals surface area contributed by atoms with Crippen molar-refractivity contribution < 1.29 is 5.11 Å². The van der Waals surface area contributed by atoms with Crippen molar-refractivity contribution >= 4 is 0 Å². The van der Waals surface area contributed by atoms with E-state index in [1.165, 1.54) is 70.8 Å². The van der Waals surface area contributed by atoms with Crippen LogP contribution in [0.4, 0.5) is 0 Å². The molecule has 0 radical (unpaired) electrons. The summed E-state index contributed by atoms with van der Waals surface area (Å²) in [7, 11) is 4.32. The Hall–Kier alpha value is -0.600. The average molecular weight is 376 g/mol. The quantitative estimate of drug-likeness (QED) is 0.305. The largest absolute Gasteiger partial charge is 0.392 e. The fourth-order valence-electron chi connectivity index (χ4n) is 5.16. The summed E-state index contributed by atoms with van der Waals surface area (Å²) in [4.78, 5) is 2.28. The highest BCUT2D eigenvalue weighted by molar-refractivity contribution is 5.20. The molecule has 0 spiro atoms. The summed E-state index contributed by atoms with van der Waals surface area (Å²) in [5, 5.41) is 10.6. The Morgan fingerprint density at radius 3 is 2.70 bits per heavy atom. The first-order chi connectivity index (χ1) is 13.0. The van der Waals surface area contributed by atoms with Crippen LogP contribution in [0.1, 0.15) is 84.5 Å². The van der Waals surface area contributed by atoms with Crippen molar-refractivity contribution in [1.82, 2.24) is 4.90 Å². The molecule has 2 rings (SSSR count). The zero-order valence-corrected chi connectivity index (χ0v) is 18.5. The van der Waals surface area contributed by atoms with Gasteiger partial charge in [0, 0.05) is 5.92 Å². The standard InChI is InChI=1S/C25H45NO/c1-5-7-12-20(6-2)14-11-15-23-24-18-21(17-22(24)19-25(23)27)13-9-8-10-16-26(3)4/h11,15,17,20,22-25,27H,5-10,12-14,16,18-19H2,1-4H3/b15-11+/t20-,22-,23+,24-,25+/m0/s1. The number of allylic oxidation sites excluding steroid dienone is 3. The summed E-state index contributed by atoms with van der Waals surface area (Å²) in [5.74, 6) is 2.52. The van der Waals surface area contributed by atoms with Gasteiger partial charge in [0.2, 0.25) is 0 Å². The van der Waals surface area contributed by atoms with E-state index in [1.54, 1.807) is 5.57 Å². The highest BCUT2D eigenvalue weighted by Crippen LogP contribution is 2.48. The maximum atomic E-state index is 10.6. The Kier molecular flexibility index (Phi) is 10.1. The van der Waals surface area contributed by atoms with Gasteiger partial charge in [-0.2, -0.15) is 0 Å². The maximum Gasteiger partial charge on any atom is 0.0611 e. The van der Waals surface area contributed by atoms with E-state index in [2.05, 4.69) is 51.1 Å². The Bertz CT molecular complexity index is 467. The molecule has 1 fully saturated rings. The van der Waals surface area contributed by atoms with Gasteiger partial charge in [-0.3, -0.25) is 0 Å². The molecule has 0 aromatic carbocycles. The van der Waals surface area contributed by atoms with Crippen LogP contribution in [0, 0.1) is 23.7 Å². The summed E-state index contributed by atoms with van der Waals surface area (Å²) in [6.07, 6.45) is 21.2. The molecule has 0 unspecified atom stereocenters. The normalized spacial score (nSPS) is 28.9. The zero-order chi connectivity index (χ0) is 19.6. The number of aliphatic hydroxyl groups excluding tert-OH is 1. The minimum Gasteiger partial charge on any atom is -0.392 e. The molecule has 156 valence electrons. The topological polar surface area (TPSA) is 23.5 Å². The Labute approximate surface area is 169 Å². The van der Waals surface area contributed by atoms with Gasteiger partial charge in [0.05, 0.1) is 6.10 Å². The van der Waals surface area contributed by atoms with Crippen LogP contribution in [0.15, 0.2) is 23.8 Å². The third-order valence-electron chi connectivity index (χ3n) is 6.92. The molecular weight excluding hydrogens is 330 g/mol. The van der Waals surface area contributed by atoms with E-state index in [0.29, 0.717) is 17.8 Å². The summed E-state index contributed by atoms with van der Waals surface area (Å²) in [6.45, 7) is 5.81. The van der Waals surface area contributed by atoms with Crippen molar-refractivity contribution in [1.29, 1.82) is 0 Å². The first-order valence-electron chi connectivity index (χ1n) is 11.7. The molecule has 0 aliphatic heterocycles. The molecule has 0 heterocycles. The van der Waals surface area contributed by atoms with Gasteiger partial charge in [-0.1, -0.05) is 69.8 Å². The van der Waals surface area contributed by atoms with Crippen LogP contribution in [-0.4, -0.2) is 36.8 Å². The average Bonchev–Trinajstić information content (AvgIpc) is 3.14. The van der Waals surface area contributed by atoms with Crippen LogP contribution in [0.2, 0.25) is 0 Å². The second kappa shape index (κ2) is 12.1. The van der Waals surface area contributed by atoms with E-state index in [4.69, 9.17) is 0 Å². The van der Waals surface area contributed by atoms with Crippen LogP contribution in [0.25, 0.3) is 0 Å². The lowest BCUT2D eigenvalue weighted by Crippen LogP contribution is -2.17. The van der Waals surface area contributed by atoms with Crippen molar-refractivity contribution in [2.45, 2.75) is 90.6 Å². The number of nitrogens with zero attached hydrogens (tertiary/aromatic N) is 1. The van der Waals surface area contributed by atoms with Crippen LogP contribution in [0.5, 0.6) is 0 Å². The third-order valence-corrected chi connectivity index (χ3v) is 6.92. The molecule has 2 aliphatic rings. The molecule has 0 bridgehead atoms. The van der Waals surface area contributed by atoms with Crippen LogP contribution < -0.4 is 0 Å². The number of rotatable bonds is 13. The zero-order valence-electron chi connectivity index (χ0n) is 18.5. The lowest BCUT2D eigenvalue weighted by atomic mass is 9.87. The van der Waals surface area contributed by atoms with Gasteiger partial charge in [0.15, 0.2) is 0 Å². The highest BCUT2D eigenvalue weighted by atomic mass is 16.3. The molecule has 2 nitrogen and oxygen atoms in total. The summed E-state index contributed by atoms with van der Waals surface area (Å²) in [6, 6.07) is 0. The van der Waals surface area contributed by atoms with Crippen molar-refractivity contribution in [3.63, 3.8) is 0 Å². The van der Waals surface area contributed by atoms with E-state index in [1.807, 2.05) is 0 Å². The number of fused-ring (bicyclic) bond motifs is 1. The Morgan fingerprint density at radius 2 is 2.00 bits per heavy atom. The van der Waals surface area contributed by atoms with Gasteiger partial charge in [-0.25, -0.2) is 0 Å². The molecule has 0 aromatic heterocycles. The number of hydrogen-bond donors (Lipinski definition) is 1. The summed E-state index contributed by atoms with van der Waals surface area (Å²) >= 11 is 0. The van der Waals surface area contributed by atoms with Crippen LogP contribution in [-0.2, 0) is 0 Å². The highest BCUT2D eigenvalue weighted by Gasteiger charge is 2.43. The summed E-state index contributed by atoms with van der Waals surface area (Å²) < 4.78 is 0. The molecular formula is C25H45NO. The Morgan fingerprint density at radius 1 is 1.19 bits per heavy atom. The van der Waals surface area contributed by atoms with E-state index < -0.39 is 0 Å². The van der Waals surface area contributed by atoms with Gasteiger partial charge >= 0.3 is 0 Å². The van der Waals surface area contributed by atoms with Crippen LogP contribution in [0.3, 0.4) is 0 Å². The molecule has 1 saturated carbocycles. The minimum atomic E-state index is -0.121. The SMILES string of the molecule is CCCC[C@H](CC)C/C=C/[C@@H]1[C@H]2CC(CCCCCN(C)C)=C[C@H]2C[C@H]1O. The van der Waals surface area contributed by atoms with E-state index >= 15 is 0 Å².